The van der Waals surface area contributed by atoms with E-state index in [9.17, 15) is 0 Å². The van der Waals surface area contributed by atoms with E-state index >= 15 is 0 Å². The van der Waals surface area contributed by atoms with Crippen molar-refractivity contribution in [3.63, 3.8) is 0 Å². The second-order valence-electron chi connectivity index (χ2n) is 19.4. The van der Waals surface area contributed by atoms with Crippen molar-refractivity contribution >= 4 is 22.5 Å². The van der Waals surface area contributed by atoms with Gasteiger partial charge in [-0.15, -0.1) is 0 Å². The molecule has 0 spiro atoms. The summed E-state index contributed by atoms with van der Waals surface area (Å²) in [6, 6.07) is 47.6. The van der Waals surface area contributed by atoms with Gasteiger partial charge in [0.2, 0.25) is 0 Å². The summed E-state index contributed by atoms with van der Waals surface area (Å²) in [6.45, 7) is 12.7. The minimum Gasteiger partial charge on any atom is -0.497 e. The Hall–Kier alpha value is -6.30. The SMILES string of the molecule is CCCCC1(CCCC)c2ccccc2-c2ccc(-c3ccc4c(c3)C(C)(C)c3c5c(c6ccc(OC)cc6c3-4)OC(c3ccc(OC)cc3)(c3ccc(N4CCOCC4)cc3)C=C5)cc21. The maximum Gasteiger partial charge on any atom is 0.178 e. The number of benzene rings is 7. The molecule has 7 aromatic rings. The topological polar surface area (TPSA) is 40.2 Å². The normalized spacial score (nSPS) is 18.2. The van der Waals surface area contributed by atoms with Gasteiger partial charge in [0, 0.05) is 51.7 Å². The fraction of sp³-hybridized carbons (Fsp3) is 0.311. The van der Waals surface area contributed by atoms with Crippen molar-refractivity contribution in [3.05, 3.63) is 172 Å². The van der Waals surface area contributed by atoms with Crippen molar-refractivity contribution in [1.82, 2.24) is 0 Å². The van der Waals surface area contributed by atoms with Crippen LogP contribution in [0, 0.1) is 0 Å². The van der Waals surface area contributed by atoms with Crippen LogP contribution in [0.25, 0.3) is 50.2 Å². The molecule has 0 amide bonds. The number of morpholine rings is 1. The average Bonchev–Trinajstić information content (AvgIpc) is 3.79. The third-order valence-electron chi connectivity index (χ3n) is 15.5. The molecular weight excluding hydrogens is 811 g/mol. The Kier molecular flexibility index (Phi) is 10.6. The summed E-state index contributed by atoms with van der Waals surface area (Å²) in [4.78, 5) is 2.40. The van der Waals surface area contributed by atoms with Crippen molar-refractivity contribution in [3.8, 4) is 50.6 Å². The minimum absolute atomic E-state index is 0.0371. The molecule has 1 fully saturated rings. The van der Waals surface area contributed by atoms with Crippen molar-refractivity contribution < 1.29 is 18.9 Å². The molecule has 66 heavy (non-hydrogen) atoms. The molecular formula is C61H61NO4. The van der Waals surface area contributed by atoms with Gasteiger partial charge in [0.05, 0.1) is 27.4 Å². The number of ether oxygens (including phenoxy) is 4. The van der Waals surface area contributed by atoms with Gasteiger partial charge in [0.15, 0.2) is 5.60 Å². The quantitative estimate of drug-likeness (QED) is 0.122. The van der Waals surface area contributed by atoms with Crippen molar-refractivity contribution in [2.75, 3.05) is 45.4 Å². The van der Waals surface area contributed by atoms with E-state index < -0.39 is 5.60 Å². The van der Waals surface area contributed by atoms with Crippen LogP contribution in [-0.4, -0.2) is 40.5 Å². The fourth-order valence-electron chi connectivity index (χ4n) is 12.1. The largest absolute Gasteiger partial charge is 0.497 e. The maximum atomic E-state index is 7.69. The van der Waals surface area contributed by atoms with Crippen molar-refractivity contribution in [2.45, 2.75) is 82.7 Å². The van der Waals surface area contributed by atoms with Crippen LogP contribution in [0.5, 0.6) is 17.2 Å². The van der Waals surface area contributed by atoms with Gasteiger partial charge in [-0.3, -0.25) is 0 Å². The van der Waals surface area contributed by atoms with E-state index in [0.717, 1.165) is 71.0 Å². The van der Waals surface area contributed by atoms with E-state index in [4.69, 9.17) is 18.9 Å². The van der Waals surface area contributed by atoms with Gasteiger partial charge in [-0.25, -0.2) is 0 Å². The minimum atomic E-state index is -0.899. The molecule has 2 heterocycles. The number of fused-ring (bicyclic) bond motifs is 11. The molecule has 2 aliphatic heterocycles. The summed E-state index contributed by atoms with van der Waals surface area (Å²) in [6.07, 6.45) is 11.8. The predicted octanol–water partition coefficient (Wildman–Crippen LogP) is 14.7. The summed E-state index contributed by atoms with van der Waals surface area (Å²) < 4.78 is 25.0. The Labute approximate surface area is 391 Å². The molecule has 4 aliphatic rings. The lowest BCUT2D eigenvalue weighted by molar-refractivity contribution is 0.122. The summed E-state index contributed by atoms with van der Waals surface area (Å²) in [5.41, 5.74) is 16.8. The lowest BCUT2D eigenvalue weighted by Crippen LogP contribution is -2.37. The monoisotopic (exact) mass is 871 g/mol. The molecule has 0 radical (unpaired) electrons. The highest BCUT2D eigenvalue weighted by Crippen LogP contribution is 2.60. The first-order valence-corrected chi connectivity index (χ1v) is 24.3. The molecule has 2 aliphatic carbocycles. The maximum absolute atomic E-state index is 7.69. The lowest BCUT2D eigenvalue weighted by atomic mass is 9.70. The van der Waals surface area contributed by atoms with Crippen molar-refractivity contribution in [1.29, 1.82) is 0 Å². The third-order valence-corrected chi connectivity index (χ3v) is 15.5. The number of unbranched alkanes of at least 4 members (excludes halogenated alkanes) is 2. The molecule has 334 valence electrons. The van der Waals surface area contributed by atoms with E-state index in [-0.39, 0.29) is 10.8 Å². The zero-order valence-corrected chi connectivity index (χ0v) is 39.4. The van der Waals surface area contributed by atoms with Crippen LogP contribution >= 0.6 is 0 Å². The van der Waals surface area contributed by atoms with Gasteiger partial charge >= 0.3 is 0 Å². The van der Waals surface area contributed by atoms with Gasteiger partial charge in [-0.2, -0.15) is 0 Å². The van der Waals surface area contributed by atoms with Crippen molar-refractivity contribution in [2.24, 2.45) is 0 Å². The molecule has 5 nitrogen and oxygen atoms in total. The zero-order chi connectivity index (χ0) is 45.2. The Bertz CT molecular complexity index is 3000. The van der Waals surface area contributed by atoms with Crippen LogP contribution in [-0.2, 0) is 21.2 Å². The number of hydrogen-bond donors (Lipinski definition) is 0. The third kappa shape index (κ3) is 6.52. The molecule has 0 saturated carbocycles. The van der Waals surface area contributed by atoms with E-state index in [1.54, 1.807) is 14.2 Å². The lowest BCUT2D eigenvalue weighted by Gasteiger charge is -2.39. The van der Waals surface area contributed by atoms with Crippen LogP contribution in [0.2, 0.25) is 0 Å². The second kappa shape index (κ2) is 16.5. The molecule has 11 rings (SSSR count). The molecule has 0 N–H and O–H groups in total. The summed E-state index contributed by atoms with van der Waals surface area (Å²) in [7, 11) is 3.47. The fourth-order valence-corrected chi connectivity index (χ4v) is 12.1. The Morgan fingerprint density at radius 2 is 1.23 bits per heavy atom. The Morgan fingerprint density at radius 1 is 0.606 bits per heavy atom. The van der Waals surface area contributed by atoms with Gasteiger partial charge in [0.25, 0.3) is 0 Å². The molecule has 1 unspecified atom stereocenters. The van der Waals surface area contributed by atoms with Crippen LogP contribution in [0.15, 0.2) is 133 Å². The van der Waals surface area contributed by atoms with Gasteiger partial charge in [-0.05, 0) is 135 Å². The number of rotatable bonds is 12. The van der Waals surface area contributed by atoms with Crippen LogP contribution in [0.1, 0.15) is 105 Å². The Morgan fingerprint density at radius 3 is 1.91 bits per heavy atom. The summed E-state index contributed by atoms with van der Waals surface area (Å²) >= 11 is 0. The Balaban J connectivity index is 1.06. The van der Waals surface area contributed by atoms with E-state index in [0.29, 0.717) is 0 Å². The van der Waals surface area contributed by atoms with E-state index in [2.05, 4.69) is 160 Å². The first-order valence-electron chi connectivity index (χ1n) is 24.3. The highest BCUT2D eigenvalue weighted by Gasteiger charge is 2.46. The first-order chi connectivity index (χ1) is 32.2. The molecule has 5 heteroatoms. The number of hydrogen-bond acceptors (Lipinski definition) is 5. The average molecular weight is 872 g/mol. The number of methoxy groups -OCH3 is 2. The number of anilines is 1. The smallest absolute Gasteiger partial charge is 0.178 e. The standard InChI is InChI=1S/C61H61NO4/c1-7-9-30-60(31-10-8-2)53-14-12-11-13-47(53)48-26-15-41(38-55(48)60)40-16-27-50-54(37-40)59(3,4)57-51-29-32-61(43-19-23-45(63-5)24-20-43,42-17-21-44(22-18-42)62-33-35-65-36-34-62)66-58(51)49-28-25-46(64-6)39-52(49)56(50)57/h11-29,32,37-39H,7-10,30-31,33-36H2,1-6H3. The first kappa shape index (κ1) is 42.3. The molecule has 1 saturated heterocycles. The van der Waals surface area contributed by atoms with Gasteiger partial charge in [0.1, 0.15) is 17.2 Å². The zero-order valence-electron chi connectivity index (χ0n) is 39.4. The van der Waals surface area contributed by atoms with Gasteiger partial charge in [-0.1, -0.05) is 132 Å². The summed E-state index contributed by atoms with van der Waals surface area (Å²) in [5, 5.41) is 2.20. The molecule has 7 aromatic carbocycles. The van der Waals surface area contributed by atoms with Crippen LogP contribution < -0.4 is 19.1 Å². The molecule has 0 bridgehead atoms. The van der Waals surface area contributed by atoms with Crippen LogP contribution in [0.4, 0.5) is 5.69 Å². The highest BCUT2D eigenvalue weighted by atomic mass is 16.5. The molecule has 0 aromatic heterocycles. The second-order valence-corrected chi connectivity index (χ2v) is 19.4. The van der Waals surface area contributed by atoms with Gasteiger partial charge < -0.3 is 23.8 Å². The highest BCUT2D eigenvalue weighted by molar-refractivity contribution is 6.09. The predicted molar refractivity (Wildman–Crippen MR) is 272 cm³/mol. The summed E-state index contributed by atoms with van der Waals surface area (Å²) in [5.74, 6) is 2.52. The number of nitrogens with zero attached hydrogens (tertiary/aromatic N) is 1. The molecule has 1 atom stereocenters. The van der Waals surface area contributed by atoms with E-state index in [1.165, 1.54) is 99.8 Å². The van der Waals surface area contributed by atoms with Crippen LogP contribution in [0.3, 0.4) is 0 Å². The van der Waals surface area contributed by atoms with E-state index in [1.807, 2.05) is 12.1 Å².